The Labute approximate surface area is 102 Å². The lowest BCUT2D eigenvalue weighted by Crippen LogP contribution is -2.41. The summed E-state index contributed by atoms with van der Waals surface area (Å²) in [5.41, 5.74) is 5.22. The van der Waals surface area contributed by atoms with Gasteiger partial charge in [-0.05, 0) is 12.3 Å². The first kappa shape index (κ1) is 15.9. The Bertz CT molecular complexity index is 244. The van der Waals surface area contributed by atoms with Gasteiger partial charge in [0.2, 0.25) is 5.91 Å². The lowest BCUT2D eigenvalue weighted by atomic mass is 10.0. The van der Waals surface area contributed by atoms with Crippen molar-refractivity contribution in [1.29, 1.82) is 0 Å². The van der Waals surface area contributed by atoms with E-state index in [-0.39, 0.29) is 24.9 Å². The van der Waals surface area contributed by atoms with Gasteiger partial charge in [0.1, 0.15) is 6.04 Å². The van der Waals surface area contributed by atoms with E-state index in [1.807, 2.05) is 13.8 Å². The number of nitrogens with one attached hydrogen (secondary N) is 1. The Morgan fingerprint density at radius 3 is 2.47 bits per heavy atom. The Hall–Kier alpha value is -1.14. The third-order valence-electron chi connectivity index (χ3n) is 2.08. The third kappa shape index (κ3) is 8.65. The van der Waals surface area contributed by atoms with Gasteiger partial charge in [0.15, 0.2) is 0 Å². The monoisotopic (exact) mass is 246 g/mol. The highest BCUT2D eigenvalue weighted by Crippen LogP contribution is 2.05. The molecule has 4 N–H and O–H groups in total. The van der Waals surface area contributed by atoms with Crippen molar-refractivity contribution in [2.75, 3.05) is 19.8 Å². The molecule has 17 heavy (non-hydrogen) atoms. The quantitative estimate of drug-likeness (QED) is 0.496. The van der Waals surface area contributed by atoms with E-state index < -0.39 is 12.0 Å². The second-order valence-corrected chi connectivity index (χ2v) is 4.24. The molecule has 0 bridgehead atoms. The fraction of sp³-hybridized carbons (Fsp3) is 0.818. The number of nitrogens with two attached hydrogens (primary N) is 1. The van der Waals surface area contributed by atoms with Crippen LogP contribution in [-0.2, 0) is 14.3 Å². The minimum Gasteiger partial charge on any atom is -0.480 e. The topological polar surface area (TPSA) is 102 Å². The first-order valence-electron chi connectivity index (χ1n) is 5.77. The zero-order chi connectivity index (χ0) is 13.3. The number of carboxylic acid groups (broad SMARTS) is 1. The van der Waals surface area contributed by atoms with Crippen LogP contribution < -0.4 is 11.1 Å². The van der Waals surface area contributed by atoms with Crippen LogP contribution >= 0.6 is 0 Å². The fourth-order valence-corrected chi connectivity index (χ4v) is 1.31. The summed E-state index contributed by atoms with van der Waals surface area (Å²) in [7, 11) is 0. The lowest BCUT2D eigenvalue weighted by molar-refractivity contribution is -0.142. The van der Waals surface area contributed by atoms with Crippen molar-refractivity contribution in [1.82, 2.24) is 5.32 Å². The van der Waals surface area contributed by atoms with Gasteiger partial charge in [-0.1, -0.05) is 13.8 Å². The van der Waals surface area contributed by atoms with E-state index in [4.69, 9.17) is 15.6 Å². The number of carboxylic acids is 1. The average molecular weight is 246 g/mol. The standard InChI is InChI=1S/C11H22N2O4/c1-8(2)7-9(11(15)16)13-10(14)3-5-17-6-4-12/h8-9H,3-7,12H2,1-2H3,(H,13,14)(H,15,16). The average Bonchev–Trinajstić information content (AvgIpc) is 2.22. The van der Waals surface area contributed by atoms with Crippen molar-refractivity contribution in [3.05, 3.63) is 0 Å². The van der Waals surface area contributed by atoms with Crippen molar-refractivity contribution >= 4 is 11.9 Å². The summed E-state index contributed by atoms with van der Waals surface area (Å²) in [5.74, 6) is -1.10. The number of ether oxygens (including phenoxy) is 1. The predicted molar refractivity (Wildman–Crippen MR) is 63.5 cm³/mol. The third-order valence-corrected chi connectivity index (χ3v) is 2.08. The first-order chi connectivity index (χ1) is 7.97. The molecule has 0 fully saturated rings. The maximum Gasteiger partial charge on any atom is 0.326 e. The minimum absolute atomic E-state index is 0.155. The van der Waals surface area contributed by atoms with Gasteiger partial charge in [0, 0.05) is 13.0 Å². The Morgan fingerprint density at radius 1 is 1.35 bits per heavy atom. The number of aliphatic carboxylic acids is 1. The molecule has 0 saturated carbocycles. The van der Waals surface area contributed by atoms with Gasteiger partial charge in [0.25, 0.3) is 0 Å². The summed E-state index contributed by atoms with van der Waals surface area (Å²) >= 11 is 0. The maximum atomic E-state index is 11.4. The molecule has 1 unspecified atom stereocenters. The number of rotatable bonds is 9. The molecule has 1 amide bonds. The zero-order valence-electron chi connectivity index (χ0n) is 10.4. The molecule has 0 radical (unpaired) electrons. The van der Waals surface area contributed by atoms with Crippen LogP contribution in [0.25, 0.3) is 0 Å². The summed E-state index contributed by atoms with van der Waals surface area (Å²) in [6.45, 7) is 4.89. The van der Waals surface area contributed by atoms with E-state index in [2.05, 4.69) is 5.32 Å². The summed E-state index contributed by atoms with van der Waals surface area (Å²) < 4.78 is 5.04. The van der Waals surface area contributed by atoms with Gasteiger partial charge in [-0.25, -0.2) is 4.79 Å². The van der Waals surface area contributed by atoms with Gasteiger partial charge in [-0.15, -0.1) is 0 Å². The second-order valence-electron chi connectivity index (χ2n) is 4.24. The van der Waals surface area contributed by atoms with E-state index in [9.17, 15) is 9.59 Å². The van der Waals surface area contributed by atoms with Crippen molar-refractivity contribution in [2.24, 2.45) is 11.7 Å². The lowest BCUT2D eigenvalue weighted by Gasteiger charge is -2.16. The van der Waals surface area contributed by atoms with E-state index in [1.165, 1.54) is 0 Å². The predicted octanol–water partition coefficient (Wildman–Crippen LogP) is -0.0327. The highest BCUT2D eigenvalue weighted by molar-refractivity contribution is 5.83. The smallest absolute Gasteiger partial charge is 0.326 e. The van der Waals surface area contributed by atoms with Gasteiger partial charge >= 0.3 is 5.97 Å². The highest BCUT2D eigenvalue weighted by atomic mass is 16.5. The SMILES string of the molecule is CC(C)CC(NC(=O)CCOCCN)C(=O)O. The number of carbonyl (C=O) groups is 2. The molecule has 0 aliphatic rings. The molecule has 0 aromatic heterocycles. The number of amides is 1. The van der Waals surface area contributed by atoms with Gasteiger partial charge in [-0.2, -0.15) is 0 Å². The molecule has 0 aromatic rings. The Balaban J connectivity index is 3.91. The van der Waals surface area contributed by atoms with E-state index in [0.29, 0.717) is 19.6 Å². The molecular formula is C11H22N2O4. The first-order valence-corrected chi connectivity index (χ1v) is 5.77. The highest BCUT2D eigenvalue weighted by Gasteiger charge is 2.20. The van der Waals surface area contributed by atoms with Crippen LogP contribution in [0.4, 0.5) is 0 Å². The number of hydrogen-bond donors (Lipinski definition) is 3. The molecule has 0 aliphatic carbocycles. The Kier molecular flexibility index (Phi) is 8.35. The molecule has 0 aliphatic heterocycles. The molecule has 0 saturated heterocycles. The van der Waals surface area contributed by atoms with Gasteiger partial charge in [-0.3, -0.25) is 4.79 Å². The Morgan fingerprint density at radius 2 is 2.00 bits per heavy atom. The van der Waals surface area contributed by atoms with Crippen LogP contribution in [0.5, 0.6) is 0 Å². The summed E-state index contributed by atoms with van der Waals surface area (Å²) in [6, 6.07) is -0.822. The molecule has 0 aromatic carbocycles. The van der Waals surface area contributed by atoms with Crippen LogP contribution in [0.15, 0.2) is 0 Å². The summed E-state index contributed by atoms with van der Waals surface area (Å²) in [6.07, 6.45) is 0.576. The van der Waals surface area contributed by atoms with Crippen molar-refractivity contribution in [3.8, 4) is 0 Å². The molecule has 6 heteroatoms. The molecule has 6 nitrogen and oxygen atoms in total. The molecule has 0 rings (SSSR count). The van der Waals surface area contributed by atoms with Gasteiger partial charge < -0.3 is 20.9 Å². The van der Waals surface area contributed by atoms with Crippen LogP contribution in [0.3, 0.4) is 0 Å². The maximum absolute atomic E-state index is 11.4. The number of hydrogen-bond acceptors (Lipinski definition) is 4. The minimum atomic E-state index is -1.00. The van der Waals surface area contributed by atoms with E-state index >= 15 is 0 Å². The largest absolute Gasteiger partial charge is 0.480 e. The molecule has 0 spiro atoms. The van der Waals surface area contributed by atoms with Crippen LogP contribution in [0, 0.1) is 5.92 Å². The van der Waals surface area contributed by atoms with Gasteiger partial charge in [0.05, 0.1) is 13.2 Å². The van der Waals surface area contributed by atoms with Crippen LogP contribution in [0.1, 0.15) is 26.7 Å². The molecule has 100 valence electrons. The van der Waals surface area contributed by atoms with Crippen molar-refractivity contribution in [3.63, 3.8) is 0 Å². The van der Waals surface area contributed by atoms with Crippen LogP contribution in [-0.4, -0.2) is 42.8 Å². The molecule has 1 atom stereocenters. The molecular weight excluding hydrogens is 224 g/mol. The summed E-state index contributed by atoms with van der Waals surface area (Å²) in [4.78, 5) is 22.3. The van der Waals surface area contributed by atoms with Crippen LogP contribution in [0.2, 0.25) is 0 Å². The van der Waals surface area contributed by atoms with Crippen molar-refractivity contribution < 1.29 is 19.4 Å². The number of carbonyl (C=O) groups excluding carboxylic acids is 1. The zero-order valence-corrected chi connectivity index (χ0v) is 10.4. The molecule has 0 heterocycles. The van der Waals surface area contributed by atoms with Crippen molar-refractivity contribution in [2.45, 2.75) is 32.7 Å². The fourth-order valence-electron chi connectivity index (χ4n) is 1.31. The second kappa shape index (κ2) is 8.95. The normalized spacial score (nSPS) is 12.5. The van der Waals surface area contributed by atoms with E-state index in [0.717, 1.165) is 0 Å². The summed E-state index contributed by atoms with van der Waals surface area (Å²) in [5, 5.41) is 11.4. The van der Waals surface area contributed by atoms with E-state index in [1.54, 1.807) is 0 Å².